The average Bonchev–Trinajstić information content (AvgIpc) is 3.22. The largest absolute Gasteiger partial charge is 0.383 e. The van der Waals surface area contributed by atoms with Crippen LogP contribution in [0.2, 0.25) is 0 Å². The monoisotopic (exact) mass is 383 g/mol. The van der Waals surface area contributed by atoms with E-state index < -0.39 is 5.91 Å². The van der Waals surface area contributed by atoms with E-state index in [0.29, 0.717) is 30.5 Å². The number of methoxy groups -OCH3 is 1. The molecule has 0 bridgehead atoms. The fraction of sp³-hybridized carbons (Fsp3) is 0.222. The molecular weight excluding hydrogens is 362 g/mol. The minimum absolute atomic E-state index is 0.165. The molecule has 28 heavy (non-hydrogen) atoms. The van der Waals surface area contributed by atoms with Crippen LogP contribution in [0.1, 0.15) is 10.4 Å². The first-order valence-electron chi connectivity index (χ1n) is 8.50. The molecule has 1 aromatic carbocycles. The van der Waals surface area contributed by atoms with E-state index in [1.54, 1.807) is 13.2 Å². The number of nitrogens with two attached hydrogens (primary N) is 2. The lowest BCUT2D eigenvalue weighted by atomic mass is 10.1. The standard InChI is InChI=1S/C18H21N7O3/c1-27-10-12(19)8-21-18-22-9-14(16(20)26)17(24-18)23-13-4-2-3-11(7-13)15-5-6-28-25-15/h2-7,9,12H,8,10,19H2,1H3,(H2,20,26)(H2,21,22,23,24). The molecule has 2 aromatic heterocycles. The van der Waals surface area contributed by atoms with Gasteiger partial charge in [0.2, 0.25) is 5.95 Å². The Balaban J connectivity index is 1.82. The Labute approximate surface area is 161 Å². The molecular formula is C18H21N7O3. The number of hydrogen-bond donors (Lipinski definition) is 4. The van der Waals surface area contributed by atoms with Crippen molar-refractivity contribution in [1.82, 2.24) is 15.1 Å². The molecule has 3 aromatic rings. The predicted octanol–water partition coefficient (Wildman–Crippen LogP) is 1.36. The first-order chi connectivity index (χ1) is 13.6. The molecule has 0 aliphatic heterocycles. The van der Waals surface area contributed by atoms with Crippen LogP contribution in [0.25, 0.3) is 11.3 Å². The Morgan fingerprint density at radius 3 is 2.93 bits per heavy atom. The number of nitrogens with one attached hydrogen (secondary N) is 2. The summed E-state index contributed by atoms with van der Waals surface area (Å²) in [4.78, 5) is 20.2. The van der Waals surface area contributed by atoms with Crippen molar-refractivity contribution >= 4 is 23.4 Å². The van der Waals surface area contributed by atoms with E-state index in [1.807, 2.05) is 24.3 Å². The van der Waals surface area contributed by atoms with E-state index in [1.165, 1.54) is 12.5 Å². The zero-order chi connectivity index (χ0) is 19.9. The van der Waals surface area contributed by atoms with Crippen molar-refractivity contribution in [3.05, 3.63) is 48.4 Å². The zero-order valence-corrected chi connectivity index (χ0v) is 15.3. The maximum atomic E-state index is 11.8. The molecule has 10 heteroatoms. The number of hydrogen-bond acceptors (Lipinski definition) is 9. The predicted molar refractivity (Wildman–Crippen MR) is 104 cm³/mol. The van der Waals surface area contributed by atoms with Crippen LogP contribution in [0.15, 0.2) is 47.3 Å². The number of ether oxygens (including phenoxy) is 1. The molecule has 146 valence electrons. The first kappa shape index (κ1) is 19.3. The zero-order valence-electron chi connectivity index (χ0n) is 15.3. The van der Waals surface area contributed by atoms with Crippen LogP contribution in [0, 0.1) is 0 Å². The number of anilines is 3. The van der Waals surface area contributed by atoms with Gasteiger partial charge in [-0.2, -0.15) is 4.98 Å². The van der Waals surface area contributed by atoms with Gasteiger partial charge in [-0.3, -0.25) is 4.79 Å². The minimum Gasteiger partial charge on any atom is -0.383 e. The van der Waals surface area contributed by atoms with Crippen molar-refractivity contribution in [2.75, 3.05) is 30.9 Å². The number of carbonyl (C=O) groups is 1. The second kappa shape index (κ2) is 8.93. The summed E-state index contributed by atoms with van der Waals surface area (Å²) < 4.78 is 9.87. The van der Waals surface area contributed by atoms with E-state index >= 15 is 0 Å². The lowest BCUT2D eigenvalue weighted by molar-refractivity contribution is 0.100. The van der Waals surface area contributed by atoms with Crippen LogP contribution >= 0.6 is 0 Å². The Bertz CT molecular complexity index is 931. The molecule has 10 nitrogen and oxygen atoms in total. The summed E-state index contributed by atoms with van der Waals surface area (Å²) in [5.41, 5.74) is 13.7. The van der Waals surface area contributed by atoms with Crippen molar-refractivity contribution in [2.24, 2.45) is 11.5 Å². The maximum Gasteiger partial charge on any atom is 0.254 e. The summed E-state index contributed by atoms with van der Waals surface area (Å²) in [7, 11) is 1.58. The van der Waals surface area contributed by atoms with Gasteiger partial charge in [-0.05, 0) is 12.1 Å². The normalized spacial score (nSPS) is 11.8. The van der Waals surface area contributed by atoms with Gasteiger partial charge in [-0.15, -0.1) is 0 Å². The van der Waals surface area contributed by atoms with Crippen molar-refractivity contribution < 1.29 is 14.1 Å². The van der Waals surface area contributed by atoms with E-state index in [4.69, 9.17) is 20.7 Å². The van der Waals surface area contributed by atoms with E-state index in [-0.39, 0.29) is 17.4 Å². The van der Waals surface area contributed by atoms with Crippen molar-refractivity contribution in [2.45, 2.75) is 6.04 Å². The summed E-state index contributed by atoms with van der Waals surface area (Å²) in [5.74, 6) is -0.0490. The summed E-state index contributed by atoms with van der Waals surface area (Å²) in [6, 6.07) is 8.96. The molecule has 3 rings (SSSR count). The van der Waals surface area contributed by atoms with E-state index in [9.17, 15) is 4.79 Å². The highest BCUT2D eigenvalue weighted by Gasteiger charge is 2.14. The summed E-state index contributed by atoms with van der Waals surface area (Å²) in [6.07, 6.45) is 2.86. The van der Waals surface area contributed by atoms with Gasteiger partial charge in [0.15, 0.2) is 0 Å². The highest BCUT2D eigenvalue weighted by molar-refractivity contribution is 5.98. The fourth-order valence-electron chi connectivity index (χ4n) is 2.49. The van der Waals surface area contributed by atoms with Crippen molar-refractivity contribution in [3.63, 3.8) is 0 Å². The third-order valence-electron chi connectivity index (χ3n) is 3.82. The van der Waals surface area contributed by atoms with Crippen LogP contribution < -0.4 is 22.1 Å². The summed E-state index contributed by atoms with van der Waals surface area (Å²) in [6.45, 7) is 0.803. The number of amides is 1. The Morgan fingerprint density at radius 2 is 2.21 bits per heavy atom. The molecule has 1 amide bonds. The maximum absolute atomic E-state index is 11.8. The number of primary amides is 1. The van der Waals surface area contributed by atoms with Gasteiger partial charge in [0.1, 0.15) is 23.3 Å². The highest BCUT2D eigenvalue weighted by atomic mass is 16.5. The Morgan fingerprint density at radius 1 is 1.36 bits per heavy atom. The van der Waals surface area contributed by atoms with Gasteiger partial charge in [0.05, 0.1) is 6.61 Å². The number of nitrogens with zero attached hydrogens (tertiary/aromatic N) is 3. The van der Waals surface area contributed by atoms with Gasteiger partial charge >= 0.3 is 0 Å². The Hall–Kier alpha value is -3.50. The topological polar surface area (TPSA) is 154 Å². The van der Waals surface area contributed by atoms with Crippen LogP contribution in [-0.2, 0) is 4.74 Å². The highest BCUT2D eigenvalue weighted by Crippen LogP contribution is 2.24. The van der Waals surface area contributed by atoms with Crippen LogP contribution in [0.5, 0.6) is 0 Å². The quantitative estimate of drug-likeness (QED) is 0.428. The number of rotatable bonds is 9. The number of benzene rings is 1. The lowest BCUT2D eigenvalue weighted by Crippen LogP contribution is -2.33. The molecule has 1 unspecified atom stereocenters. The molecule has 0 radical (unpaired) electrons. The third kappa shape index (κ3) is 4.81. The van der Waals surface area contributed by atoms with Crippen molar-refractivity contribution in [1.29, 1.82) is 0 Å². The van der Waals surface area contributed by atoms with E-state index in [0.717, 1.165) is 5.56 Å². The lowest BCUT2D eigenvalue weighted by Gasteiger charge is -2.14. The van der Waals surface area contributed by atoms with Crippen LogP contribution in [-0.4, -0.2) is 47.3 Å². The molecule has 0 saturated carbocycles. The minimum atomic E-state index is -0.641. The smallest absolute Gasteiger partial charge is 0.254 e. The third-order valence-corrected chi connectivity index (χ3v) is 3.82. The second-order valence-electron chi connectivity index (χ2n) is 6.01. The molecule has 0 spiro atoms. The number of carbonyl (C=O) groups excluding carboxylic acids is 1. The molecule has 2 heterocycles. The van der Waals surface area contributed by atoms with Gasteiger partial charge in [0, 0.05) is 43.2 Å². The van der Waals surface area contributed by atoms with Crippen LogP contribution in [0.4, 0.5) is 17.5 Å². The van der Waals surface area contributed by atoms with Crippen LogP contribution in [0.3, 0.4) is 0 Å². The molecule has 1 atom stereocenters. The van der Waals surface area contributed by atoms with Gasteiger partial charge in [-0.25, -0.2) is 4.98 Å². The van der Waals surface area contributed by atoms with Gasteiger partial charge in [0.25, 0.3) is 5.91 Å². The molecule has 0 fully saturated rings. The molecule has 6 N–H and O–H groups in total. The number of aromatic nitrogens is 3. The van der Waals surface area contributed by atoms with E-state index in [2.05, 4.69) is 25.8 Å². The van der Waals surface area contributed by atoms with Crippen molar-refractivity contribution in [3.8, 4) is 11.3 Å². The Kier molecular flexibility index (Phi) is 6.14. The van der Waals surface area contributed by atoms with Gasteiger partial charge in [-0.1, -0.05) is 17.3 Å². The molecule has 0 saturated heterocycles. The SMILES string of the molecule is COCC(N)CNc1ncc(C(N)=O)c(Nc2cccc(-c3ccon3)c2)n1. The second-order valence-corrected chi connectivity index (χ2v) is 6.01. The average molecular weight is 383 g/mol. The van der Waals surface area contributed by atoms with Gasteiger partial charge < -0.3 is 31.4 Å². The molecule has 0 aliphatic rings. The summed E-state index contributed by atoms with van der Waals surface area (Å²) in [5, 5.41) is 10.0. The molecule has 0 aliphatic carbocycles. The first-order valence-corrected chi connectivity index (χ1v) is 8.50. The summed E-state index contributed by atoms with van der Waals surface area (Å²) >= 11 is 0. The fourth-order valence-corrected chi connectivity index (χ4v) is 2.49.